The Morgan fingerprint density at radius 3 is 2.74 bits per heavy atom. The van der Waals surface area contributed by atoms with Gasteiger partial charge in [0.05, 0.1) is 19.1 Å². The Bertz CT molecular complexity index is 448. The van der Waals surface area contributed by atoms with Crippen LogP contribution in [0.25, 0.3) is 0 Å². The number of nitrogens with two attached hydrogens (primary N) is 1. The van der Waals surface area contributed by atoms with Gasteiger partial charge < -0.3 is 20.9 Å². The van der Waals surface area contributed by atoms with Crippen molar-refractivity contribution >= 4 is 17.6 Å². The number of hydrogen-bond acceptors (Lipinski definition) is 4. The van der Waals surface area contributed by atoms with E-state index in [-0.39, 0.29) is 0 Å². The zero-order chi connectivity index (χ0) is 14.3. The Kier molecular flexibility index (Phi) is 5.98. The number of rotatable bonds is 7. The average molecular weight is 266 g/mol. The van der Waals surface area contributed by atoms with Crippen molar-refractivity contribution in [2.24, 2.45) is 5.73 Å². The second-order valence-corrected chi connectivity index (χ2v) is 3.99. The third kappa shape index (κ3) is 5.07. The molecule has 0 aliphatic rings. The van der Waals surface area contributed by atoms with Crippen LogP contribution in [0.15, 0.2) is 24.3 Å². The molecule has 0 fully saturated rings. The number of anilines is 1. The fourth-order valence-electron chi connectivity index (χ4n) is 1.49. The second kappa shape index (κ2) is 7.50. The number of hydrogen-bond donors (Lipinski definition) is 3. The summed E-state index contributed by atoms with van der Waals surface area (Å²) >= 11 is 0. The molecule has 0 aromatic heterocycles. The van der Waals surface area contributed by atoms with Crippen LogP contribution in [-0.4, -0.2) is 29.6 Å². The van der Waals surface area contributed by atoms with E-state index in [1.54, 1.807) is 12.1 Å². The van der Waals surface area contributed by atoms with Crippen molar-refractivity contribution in [3.05, 3.63) is 29.8 Å². The van der Waals surface area contributed by atoms with E-state index in [1.807, 2.05) is 19.1 Å². The van der Waals surface area contributed by atoms with Gasteiger partial charge in [-0.3, -0.25) is 9.59 Å². The molecule has 0 spiro atoms. The normalized spacial score (nSPS) is 11.9. The van der Waals surface area contributed by atoms with Gasteiger partial charge in [-0.2, -0.15) is 0 Å². The molecule has 6 heteroatoms. The summed E-state index contributed by atoms with van der Waals surface area (Å²) in [6, 6.07) is 6.08. The van der Waals surface area contributed by atoms with Gasteiger partial charge in [-0.15, -0.1) is 0 Å². The van der Waals surface area contributed by atoms with Gasteiger partial charge in [-0.1, -0.05) is 18.2 Å². The highest BCUT2D eigenvalue weighted by atomic mass is 16.5. The zero-order valence-corrected chi connectivity index (χ0v) is 10.8. The first kappa shape index (κ1) is 15.1. The second-order valence-electron chi connectivity index (χ2n) is 3.99. The largest absolute Gasteiger partial charge is 0.481 e. The third-order valence-corrected chi connectivity index (χ3v) is 2.47. The lowest BCUT2D eigenvalue weighted by Crippen LogP contribution is -2.37. The highest BCUT2D eigenvalue weighted by Gasteiger charge is 2.17. The van der Waals surface area contributed by atoms with Gasteiger partial charge >= 0.3 is 5.97 Å². The van der Waals surface area contributed by atoms with Gasteiger partial charge in [0.1, 0.15) is 0 Å². The quantitative estimate of drug-likeness (QED) is 0.682. The first-order chi connectivity index (χ1) is 9.04. The Hall–Kier alpha value is -1.92. The number of carbonyl (C=O) groups is 2. The van der Waals surface area contributed by atoms with Crippen molar-refractivity contribution in [1.29, 1.82) is 0 Å². The summed E-state index contributed by atoms with van der Waals surface area (Å²) in [6.07, 6.45) is -0.403. The maximum Gasteiger partial charge on any atom is 0.305 e. The number of carboxylic acid groups (broad SMARTS) is 1. The zero-order valence-electron chi connectivity index (χ0n) is 10.8. The molecule has 19 heavy (non-hydrogen) atoms. The number of para-hydroxylation sites is 1. The molecule has 1 aromatic carbocycles. The molecular weight excluding hydrogens is 248 g/mol. The Morgan fingerprint density at radius 2 is 2.11 bits per heavy atom. The molecular formula is C13H18N2O4. The number of aliphatic carboxylic acids is 1. The van der Waals surface area contributed by atoms with Crippen LogP contribution in [0.3, 0.4) is 0 Å². The SMILES string of the molecule is CCOCc1ccccc1NC(=O)C(N)CC(=O)O. The summed E-state index contributed by atoms with van der Waals surface area (Å²) in [5.74, 6) is -1.63. The van der Waals surface area contributed by atoms with E-state index in [4.69, 9.17) is 15.6 Å². The Morgan fingerprint density at radius 1 is 1.42 bits per heavy atom. The number of nitrogens with one attached hydrogen (secondary N) is 1. The van der Waals surface area contributed by atoms with Gasteiger partial charge in [0.25, 0.3) is 0 Å². The van der Waals surface area contributed by atoms with Crippen molar-refractivity contribution in [3.63, 3.8) is 0 Å². The molecule has 1 atom stereocenters. The molecule has 0 aliphatic carbocycles. The third-order valence-electron chi connectivity index (χ3n) is 2.47. The lowest BCUT2D eigenvalue weighted by Gasteiger charge is -2.13. The maximum atomic E-state index is 11.7. The van der Waals surface area contributed by atoms with E-state index >= 15 is 0 Å². The summed E-state index contributed by atoms with van der Waals surface area (Å²) in [7, 11) is 0. The molecule has 0 saturated heterocycles. The molecule has 1 amide bonds. The molecule has 0 aliphatic heterocycles. The molecule has 104 valence electrons. The summed E-state index contributed by atoms with van der Waals surface area (Å²) in [5.41, 5.74) is 6.90. The van der Waals surface area contributed by atoms with E-state index in [0.717, 1.165) is 5.56 Å². The minimum absolute atomic E-state index is 0.376. The van der Waals surface area contributed by atoms with Gasteiger partial charge in [0.2, 0.25) is 5.91 Å². The summed E-state index contributed by atoms with van der Waals surface area (Å²) < 4.78 is 5.29. The van der Waals surface area contributed by atoms with E-state index in [2.05, 4.69) is 5.32 Å². The minimum Gasteiger partial charge on any atom is -0.481 e. The standard InChI is InChI=1S/C13H18N2O4/c1-2-19-8-9-5-3-4-6-11(9)15-13(18)10(14)7-12(16)17/h3-6,10H,2,7-8,14H2,1H3,(H,15,18)(H,16,17). The van der Waals surface area contributed by atoms with E-state index < -0.39 is 24.3 Å². The molecule has 0 heterocycles. The van der Waals surface area contributed by atoms with Crippen LogP contribution >= 0.6 is 0 Å². The predicted octanol–water partition coefficient (Wildman–Crippen LogP) is 0.964. The monoisotopic (exact) mass is 266 g/mol. The smallest absolute Gasteiger partial charge is 0.305 e. The number of amides is 1. The molecule has 0 saturated carbocycles. The summed E-state index contributed by atoms with van der Waals surface area (Å²) in [5, 5.41) is 11.2. The minimum atomic E-state index is -1.11. The fourth-order valence-corrected chi connectivity index (χ4v) is 1.49. The molecule has 1 rings (SSSR count). The van der Waals surface area contributed by atoms with Crippen LogP contribution in [0.2, 0.25) is 0 Å². The van der Waals surface area contributed by atoms with Gasteiger partial charge in [-0.25, -0.2) is 0 Å². The van der Waals surface area contributed by atoms with Gasteiger partial charge in [0.15, 0.2) is 0 Å². The first-order valence-electron chi connectivity index (χ1n) is 5.98. The van der Waals surface area contributed by atoms with Crippen LogP contribution in [0.1, 0.15) is 18.9 Å². The molecule has 0 radical (unpaired) electrons. The topological polar surface area (TPSA) is 102 Å². The van der Waals surface area contributed by atoms with Gasteiger partial charge in [0, 0.05) is 17.9 Å². The van der Waals surface area contributed by atoms with Crippen LogP contribution < -0.4 is 11.1 Å². The first-order valence-corrected chi connectivity index (χ1v) is 5.98. The lowest BCUT2D eigenvalue weighted by atomic mass is 10.1. The molecule has 6 nitrogen and oxygen atoms in total. The van der Waals surface area contributed by atoms with E-state index in [0.29, 0.717) is 18.9 Å². The van der Waals surface area contributed by atoms with E-state index in [9.17, 15) is 9.59 Å². The van der Waals surface area contributed by atoms with Crippen LogP contribution in [0, 0.1) is 0 Å². The van der Waals surface area contributed by atoms with Crippen LogP contribution in [-0.2, 0) is 20.9 Å². The van der Waals surface area contributed by atoms with Crippen LogP contribution in [0.5, 0.6) is 0 Å². The molecule has 0 bridgehead atoms. The summed E-state index contributed by atoms with van der Waals surface area (Å²) in [4.78, 5) is 22.2. The van der Waals surface area contributed by atoms with Crippen molar-refractivity contribution in [2.45, 2.75) is 26.0 Å². The average Bonchev–Trinajstić information content (AvgIpc) is 2.36. The number of benzene rings is 1. The van der Waals surface area contributed by atoms with Crippen LogP contribution in [0.4, 0.5) is 5.69 Å². The van der Waals surface area contributed by atoms with Crippen molar-refractivity contribution in [3.8, 4) is 0 Å². The summed E-state index contributed by atoms with van der Waals surface area (Å²) in [6.45, 7) is 2.83. The number of carbonyl (C=O) groups excluding carboxylic acids is 1. The van der Waals surface area contributed by atoms with Crippen molar-refractivity contribution in [2.75, 3.05) is 11.9 Å². The molecule has 1 aromatic rings. The number of ether oxygens (including phenoxy) is 1. The van der Waals surface area contributed by atoms with E-state index in [1.165, 1.54) is 0 Å². The lowest BCUT2D eigenvalue weighted by molar-refractivity contribution is -0.138. The van der Waals surface area contributed by atoms with Gasteiger partial charge in [-0.05, 0) is 13.0 Å². The van der Waals surface area contributed by atoms with Crippen molar-refractivity contribution < 1.29 is 19.4 Å². The predicted molar refractivity (Wildman–Crippen MR) is 70.6 cm³/mol. The highest BCUT2D eigenvalue weighted by Crippen LogP contribution is 2.16. The fraction of sp³-hybridized carbons (Fsp3) is 0.385. The highest BCUT2D eigenvalue weighted by molar-refractivity contribution is 5.97. The Balaban J connectivity index is 2.70. The molecule has 1 unspecified atom stereocenters. The van der Waals surface area contributed by atoms with Crippen molar-refractivity contribution in [1.82, 2.24) is 0 Å². The maximum absolute atomic E-state index is 11.7. The molecule has 4 N–H and O–H groups in total. The Labute approximate surface area is 111 Å². The number of carboxylic acids is 1.